The van der Waals surface area contributed by atoms with Crippen molar-refractivity contribution in [3.8, 4) is 0 Å². The van der Waals surface area contributed by atoms with E-state index in [1.165, 1.54) is 0 Å². The molecule has 116 valence electrons. The molecule has 5 heteroatoms. The van der Waals surface area contributed by atoms with Crippen molar-refractivity contribution in [1.29, 1.82) is 0 Å². The predicted octanol–water partition coefficient (Wildman–Crippen LogP) is 0.979. The maximum atomic E-state index is 5.94. The van der Waals surface area contributed by atoms with Gasteiger partial charge in [0.1, 0.15) is 0 Å². The van der Waals surface area contributed by atoms with Gasteiger partial charge < -0.3 is 19.5 Å². The molecule has 1 aliphatic carbocycles. The van der Waals surface area contributed by atoms with Gasteiger partial charge in [-0.25, -0.2) is 0 Å². The van der Waals surface area contributed by atoms with Gasteiger partial charge >= 0.3 is 0 Å². The fourth-order valence-corrected chi connectivity index (χ4v) is 4.10. The Morgan fingerprint density at radius 2 is 1.75 bits per heavy atom. The van der Waals surface area contributed by atoms with E-state index in [-0.39, 0.29) is 5.79 Å². The lowest BCUT2D eigenvalue weighted by molar-refractivity contribution is -0.200. The van der Waals surface area contributed by atoms with Gasteiger partial charge in [0.05, 0.1) is 25.4 Å². The summed E-state index contributed by atoms with van der Waals surface area (Å²) in [6.07, 6.45) is 3.70. The summed E-state index contributed by atoms with van der Waals surface area (Å²) < 4.78 is 17.8. The standard InChI is InChI=1S/C15H28N2O3/c1-11-9-17(10-12(2)20-11)14-8-15(18-6-7-19-15)5-4-13(14)16-3/h11-14,16H,4-10H2,1-3H3. The maximum absolute atomic E-state index is 5.94. The topological polar surface area (TPSA) is 43.0 Å². The van der Waals surface area contributed by atoms with Crippen LogP contribution in [0.1, 0.15) is 33.1 Å². The monoisotopic (exact) mass is 284 g/mol. The van der Waals surface area contributed by atoms with Gasteiger partial charge in [-0.1, -0.05) is 0 Å². The number of nitrogens with zero attached hydrogens (tertiary/aromatic N) is 1. The minimum Gasteiger partial charge on any atom is -0.373 e. The van der Waals surface area contributed by atoms with Crippen molar-refractivity contribution < 1.29 is 14.2 Å². The van der Waals surface area contributed by atoms with E-state index in [1.807, 2.05) is 0 Å². The molecule has 5 nitrogen and oxygen atoms in total. The van der Waals surface area contributed by atoms with Crippen LogP contribution in [0.3, 0.4) is 0 Å². The van der Waals surface area contributed by atoms with Gasteiger partial charge in [0, 0.05) is 38.0 Å². The summed E-state index contributed by atoms with van der Waals surface area (Å²) in [6, 6.07) is 0.992. The van der Waals surface area contributed by atoms with Gasteiger partial charge in [0.15, 0.2) is 5.79 Å². The van der Waals surface area contributed by atoms with E-state index in [0.717, 1.165) is 45.6 Å². The molecule has 2 aliphatic heterocycles. The molecule has 0 amide bonds. The Balaban J connectivity index is 1.73. The molecule has 0 aromatic carbocycles. The number of rotatable bonds is 2. The number of hydrogen-bond donors (Lipinski definition) is 1. The largest absolute Gasteiger partial charge is 0.373 e. The van der Waals surface area contributed by atoms with Crippen molar-refractivity contribution in [2.24, 2.45) is 0 Å². The van der Waals surface area contributed by atoms with Crippen LogP contribution in [-0.4, -0.2) is 68.3 Å². The summed E-state index contributed by atoms with van der Waals surface area (Å²) in [4.78, 5) is 2.58. The van der Waals surface area contributed by atoms with Crippen LogP contribution in [0.4, 0.5) is 0 Å². The summed E-state index contributed by atoms with van der Waals surface area (Å²) in [5, 5.41) is 3.49. The van der Waals surface area contributed by atoms with Gasteiger partial charge in [0.25, 0.3) is 0 Å². The Morgan fingerprint density at radius 1 is 1.10 bits per heavy atom. The third-order valence-corrected chi connectivity index (χ3v) is 4.92. The fraction of sp³-hybridized carbons (Fsp3) is 1.00. The normalized spacial score (nSPS) is 42.1. The van der Waals surface area contributed by atoms with E-state index in [1.54, 1.807) is 0 Å². The molecule has 3 fully saturated rings. The molecule has 2 saturated heterocycles. The van der Waals surface area contributed by atoms with Crippen molar-refractivity contribution in [1.82, 2.24) is 10.2 Å². The number of morpholine rings is 1. The Labute approximate surface area is 121 Å². The van der Waals surface area contributed by atoms with Gasteiger partial charge in [-0.3, -0.25) is 4.90 Å². The molecule has 1 N–H and O–H groups in total. The molecule has 4 atom stereocenters. The molecule has 0 bridgehead atoms. The summed E-state index contributed by atoms with van der Waals surface area (Å²) in [6.45, 7) is 7.82. The first-order valence-corrected chi connectivity index (χ1v) is 7.96. The smallest absolute Gasteiger partial charge is 0.170 e. The molecule has 4 unspecified atom stereocenters. The Kier molecular flexibility index (Phi) is 4.34. The lowest BCUT2D eigenvalue weighted by atomic mass is 9.84. The van der Waals surface area contributed by atoms with E-state index < -0.39 is 0 Å². The summed E-state index contributed by atoms with van der Waals surface area (Å²) in [5.74, 6) is -0.317. The maximum Gasteiger partial charge on any atom is 0.170 e. The lowest BCUT2D eigenvalue weighted by Crippen LogP contribution is -2.61. The fourth-order valence-electron chi connectivity index (χ4n) is 4.10. The zero-order valence-electron chi connectivity index (χ0n) is 12.9. The van der Waals surface area contributed by atoms with Crippen LogP contribution in [-0.2, 0) is 14.2 Å². The molecule has 1 saturated carbocycles. The molecule has 3 aliphatic rings. The second kappa shape index (κ2) is 5.89. The summed E-state index contributed by atoms with van der Waals surface area (Å²) in [7, 11) is 2.07. The molecular formula is C15H28N2O3. The van der Waals surface area contributed by atoms with E-state index in [4.69, 9.17) is 14.2 Å². The number of hydrogen-bond acceptors (Lipinski definition) is 5. The molecule has 2 heterocycles. The number of likely N-dealkylation sites (N-methyl/N-ethyl adjacent to an activating group) is 1. The molecule has 1 spiro atoms. The highest BCUT2D eigenvalue weighted by Crippen LogP contribution is 2.38. The van der Waals surface area contributed by atoms with Crippen LogP contribution >= 0.6 is 0 Å². The number of nitrogens with one attached hydrogen (secondary N) is 1. The van der Waals surface area contributed by atoms with Crippen molar-refractivity contribution in [2.45, 2.75) is 63.2 Å². The van der Waals surface area contributed by atoms with Crippen molar-refractivity contribution in [3.05, 3.63) is 0 Å². The molecule has 3 rings (SSSR count). The van der Waals surface area contributed by atoms with E-state index in [2.05, 4.69) is 31.1 Å². The Morgan fingerprint density at radius 3 is 2.35 bits per heavy atom. The van der Waals surface area contributed by atoms with Crippen LogP contribution in [0.2, 0.25) is 0 Å². The second-order valence-electron chi connectivity index (χ2n) is 6.52. The molecule has 0 aromatic heterocycles. The quantitative estimate of drug-likeness (QED) is 0.819. The first-order chi connectivity index (χ1) is 9.62. The number of ether oxygens (including phenoxy) is 3. The van der Waals surface area contributed by atoms with Crippen molar-refractivity contribution in [2.75, 3.05) is 33.4 Å². The van der Waals surface area contributed by atoms with Crippen molar-refractivity contribution >= 4 is 0 Å². The first-order valence-electron chi connectivity index (χ1n) is 7.96. The second-order valence-corrected chi connectivity index (χ2v) is 6.52. The Bertz CT molecular complexity index is 323. The highest BCUT2D eigenvalue weighted by molar-refractivity contribution is 4.97. The van der Waals surface area contributed by atoms with Crippen LogP contribution in [0.15, 0.2) is 0 Å². The Hall–Kier alpha value is -0.200. The van der Waals surface area contributed by atoms with Crippen LogP contribution < -0.4 is 5.32 Å². The SMILES string of the molecule is CNC1CCC2(CC1N1CC(C)OC(C)C1)OCCO2. The molecule has 0 aromatic rings. The molecule has 0 radical (unpaired) electrons. The zero-order valence-corrected chi connectivity index (χ0v) is 12.9. The van der Waals surface area contributed by atoms with Gasteiger partial charge in [-0.15, -0.1) is 0 Å². The minimum atomic E-state index is -0.317. The summed E-state index contributed by atoms with van der Waals surface area (Å²) >= 11 is 0. The molecule has 20 heavy (non-hydrogen) atoms. The van der Waals surface area contributed by atoms with Crippen LogP contribution in [0, 0.1) is 0 Å². The van der Waals surface area contributed by atoms with Gasteiger partial charge in [-0.05, 0) is 27.3 Å². The summed E-state index contributed by atoms with van der Waals surface area (Å²) in [5.41, 5.74) is 0. The lowest BCUT2D eigenvalue weighted by Gasteiger charge is -2.48. The van der Waals surface area contributed by atoms with E-state index in [9.17, 15) is 0 Å². The average molecular weight is 284 g/mol. The zero-order chi connectivity index (χ0) is 14.2. The van der Waals surface area contributed by atoms with E-state index >= 15 is 0 Å². The third-order valence-electron chi connectivity index (χ3n) is 4.92. The highest BCUT2D eigenvalue weighted by Gasteiger charge is 2.47. The van der Waals surface area contributed by atoms with Gasteiger partial charge in [-0.2, -0.15) is 0 Å². The van der Waals surface area contributed by atoms with Crippen LogP contribution in [0.5, 0.6) is 0 Å². The average Bonchev–Trinajstić information content (AvgIpc) is 2.86. The highest BCUT2D eigenvalue weighted by atomic mass is 16.7. The third kappa shape index (κ3) is 2.88. The predicted molar refractivity (Wildman–Crippen MR) is 76.7 cm³/mol. The molecular weight excluding hydrogens is 256 g/mol. The van der Waals surface area contributed by atoms with E-state index in [0.29, 0.717) is 24.3 Å². The van der Waals surface area contributed by atoms with Crippen molar-refractivity contribution in [3.63, 3.8) is 0 Å². The first kappa shape index (κ1) is 14.7. The van der Waals surface area contributed by atoms with Crippen LogP contribution in [0.25, 0.3) is 0 Å². The minimum absolute atomic E-state index is 0.305. The van der Waals surface area contributed by atoms with Gasteiger partial charge in [0.2, 0.25) is 0 Å².